The normalized spacial score (nSPS) is 18.0. The Labute approximate surface area is 145 Å². The van der Waals surface area contributed by atoms with Gasteiger partial charge in [0.25, 0.3) is 0 Å². The van der Waals surface area contributed by atoms with Gasteiger partial charge in [-0.2, -0.15) is 5.10 Å². The number of para-hydroxylation sites is 2. The predicted molar refractivity (Wildman–Crippen MR) is 93.1 cm³/mol. The Morgan fingerprint density at radius 2 is 2.20 bits per heavy atom. The second-order valence-corrected chi connectivity index (χ2v) is 6.38. The molecule has 2 aromatic heterocycles. The van der Waals surface area contributed by atoms with Crippen molar-refractivity contribution in [2.75, 3.05) is 19.8 Å². The van der Waals surface area contributed by atoms with E-state index in [4.69, 9.17) is 4.74 Å². The quantitative estimate of drug-likeness (QED) is 0.792. The summed E-state index contributed by atoms with van der Waals surface area (Å²) in [6, 6.07) is 7.77. The van der Waals surface area contributed by atoms with Crippen molar-refractivity contribution in [3.63, 3.8) is 0 Å². The van der Waals surface area contributed by atoms with Gasteiger partial charge in [0.2, 0.25) is 5.91 Å². The highest BCUT2D eigenvalue weighted by molar-refractivity contribution is 5.81. The van der Waals surface area contributed by atoms with Crippen molar-refractivity contribution in [2.45, 2.75) is 26.4 Å². The smallest absolute Gasteiger partial charge is 0.243 e. The number of amides is 1. The molecule has 25 heavy (non-hydrogen) atoms. The number of nitrogens with zero attached hydrogens (tertiary/aromatic N) is 4. The molecule has 0 radical (unpaired) electrons. The van der Waals surface area contributed by atoms with E-state index in [0.29, 0.717) is 19.8 Å². The number of imidazole rings is 1. The van der Waals surface area contributed by atoms with Gasteiger partial charge in [-0.05, 0) is 31.5 Å². The SMILES string of the molecule is Cc1cn[nH]c1[C@H]1COCCN1C(=O)Cn1c(C)nc2ccccc21. The number of nitrogens with one attached hydrogen (secondary N) is 1. The summed E-state index contributed by atoms with van der Waals surface area (Å²) in [6.07, 6.45) is 1.78. The molecule has 0 bridgehead atoms. The molecule has 1 N–H and O–H groups in total. The Morgan fingerprint density at radius 1 is 1.36 bits per heavy atom. The molecule has 1 atom stereocenters. The Balaban J connectivity index is 1.62. The van der Waals surface area contributed by atoms with Gasteiger partial charge in [-0.25, -0.2) is 4.98 Å². The average molecular weight is 339 g/mol. The molecule has 0 aliphatic carbocycles. The van der Waals surface area contributed by atoms with Crippen molar-refractivity contribution in [2.24, 2.45) is 0 Å². The largest absolute Gasteiger partial charge is 0.377 e. The number of hydrogen-bond donors (Lipinski definition) is 1. The highest BCUT2D eigenvalue weighted by Crippen LogP contribution is 2.26. The fourth-order valence-electron chi connectivity index (χ4n) is 3.46. The first-order valence-corrected chi connectivity index (χ1v) is 8.44. The van der Waals surface area contributed by atoms with Crippen LogP contribution in [0.2, 0.25) is 0 Å². The standard InChI is InChI=1S/C18H21N5O2/c1-12-9-19-21-18(12)16-11-25-8-7-22(16)17(24)10-23-13(2)20-14-5-3-4-6-15(14)23/h3-6,9,16H,7-8,10-11H2,1-2H3,(H,19,21)/t16-/m1/s1. The minimum atomic E-state index is -0.126. The molecular weight excluding hydrogens is 318 g/mol. The van der Waals surface area contributed by atoms with Crippen LogP contribution in [0.3, 0.4) is 0 Å². The minimum Gasteiger partial charge on any atom is -0.377 e. The molecule has 1 fully saturated rings. The topological polar surface area (TPSA) is 76.0 Å². The molecule has 4 rings (SSSR count). The number of morpholine rings is 1. The van der Waals surface area contributed by atoms with E-state index >= 15 is 0 Å². The van der Waals surface area contributed by atoms with Crippen molar-refractivity contribution in [3.8, 4) is 0 Å². The summed E-state index contributed by atoms with van der Waals surface area (Å²) >= 11 is 0. The van der Waals surface area contributed by atoms with E-state index in [0.717, 1.165) is 28.1 Å². The van der Waals surface area contributed by atoms with Crippen LogP contribution in [0.1, 0.15) is 23.1 Å². The fourth-order valence-corrected chi connectivity index (χ4v) is 3.46. The zero-order valence-electron chi connectivity index (χ0n) is 14.4. The summed E-state index contributed by atoms with van der Waals surface area (Å²) in [7, 11) is 0. The first kappa shape index (κ1) is 15.8. The molecule has 1 aliphatic heterocycles. The molecule has 7 heteroatoms. The van der Waals surface area contributed by atoms with Crippen molar-refractivity contribution < 1.29 is 9.53 Å². The summed E-state index contributed by atoms with van der Waals surface area (Å²) in [5.74, 6) is 0.908. The number of hydrogen-bond acceptors (Lipinski definition) is 4. The number of fused-ring (bicyclic) bond motifs is 1. The Hall–Kier alpha value is -2.67. The van der Waals surface area contributed by atoms with Crippen LogP contribution < -0.4 is 0 Å². The van der Waals surface area contributed by atoms with Gasteiger partial charge in [0.05, 0.1) is 42.2 Å². The first-order chi connectivity index (χ1) is 12.1. The van der Waals surface area contributed by atoms with Gasteiger partial charge in [-0.1, -0.05) is 12.1 Å². The number of rotatable bonds is 3. The lowest BCUT2D eigenvalue weighted by Gasteiger charge is -2.35. The van der Waals surface area contributed by atoms with Crippen molar-refractivity contribution in [3.05, 3.63) is 47.5 Å². The average Bonchev–Trinajstić information content (AvgIpc) is 3.18. The summed E-state index contributed by atoms with van der Waals surface area (Å²) in [6.45, 7) is 5.81. The number of ether oxygens (including phenoxy) is 1. The molecule has 0 spiro atoms. The molecule has 3 heterocycles. The van der Waals surface area contributed by atoms with Crippen LogP contribution >= 0.6 is 0 Å². The number of aromatic amines is 1. The molecule has 3 aromatic rings. The van der Waals surface area contributed by atoms with E-state index in [2.05, 4.69) is 15.2 Å². The molecule has 1 aliphatic rings. The van der Waals surface area contributed by atoms with Crippen molar-refractivity contribution in [1.29, 1.82) is 0 Å². The van der Waals surface area contributed by atoms with Crippen LogP contribution in [0.15, 0.2) is 30.5 Å². The lowest BCUT2D eigenvalue weighted by Crippen LogP contribution is -2.45. The van der Waals surface area contributed by atoms with Crippen molar-refractivity contribution in [1.82, 2.24) is 24.6 Å². The monoisotopic (exact) mass is 339 g/mol. The van der Waals surface area contributed by atoms with Crippen LogP contribution in [-0.4, -0.2) is 50.3 Å². The van der Waals surface area contributed by atoms with E-state index in [9.17, 15) is 4.79 Å². The van der Waals surface area contributed by atoms with E-state index in [-0.39, 0.29) is 18.5 Å². The molecule has 0 unspecified atom stereocenters. The minimum absolute atomic E-state index is 0.0635. The van der Waals surface area contributed by atoms with Gasteiger partial charge >= 0.3 is 0 Å². The fraction of sp³-hybridized carbons (Fsp3) is 0.389. The van der Waals surface area contributed by atoms with Crippen LogP contribution in [-0.2, 0) is 16.1 Å². The molecular formula is C18H21N5O2. The Morgan fingerprint density at radius 3 is 3.00 bits per heavy atom. The first-order valence-electron chi connectivity index (χ1n) is 8.44. The van der Waals surface area contributed by atoms with Gasteiger partial charge in [0.15, 0.2) is 0 Å². The third-order valence-electron chi connectivity index (χ3n) is 4.79. The van der Waals surface area contributed by atoms with E-state index in [1.54, 1.807) is 6.20 Å². The number of aromatic nitrogens is 4. The van der Waals surface area contributed by atoms with Gasteiger partial charge in [-0.3, -0.25) is 9.89 Å². The number of carbonyl (C=O) groups is 1. The second kappa shape index (κ2) is 6.33. The van der Waals surface area contributed by atoms with Gasteiger partial charge in [0, 0.05) is 6.54 Å². The summed E-state index contributed by atoms with van der Waals surface area (Å²) in [5.41, 5.74) is 3.88. The molecule has 0 saturated carbocycles. The molecule has 1 aromatic carbocycles. The van der Waals surface area contributed by atoms with Crippen LogP contribution in [0.25, 0.3) is 11.0 Å². The van der Waals surface area contributed by atoms with Gasteiger partial charge in [-0.15, -0.1) is 0 Å². The van der Waals surface area contributed by atoms with E-state index in [1.807, 2.05) is 47.6 Å². The third-order valence-corrected chi connectivity index (χ3v) is 4.79. The zero-order chi connectivity index (χ0) is 17.4. The lowest BCUT2D eigenvalue weighted by atomic mass is 10.1. The van der Waals surface area contributed by atoms with Crippen LogP contribution in [0.5, 0.6) is 0 Å². The third kappa shape index (κ3) is 2.80. The Bertz CT molecular complexity index is 913. The molecule has 130 valence electrons. The zero-order valence-corrected chi connectivity index (χ0v) is 14.4. The molecule has 1 amide bonds. The maximum absolute atomic E-state index is 13.1. The highest BCUT2D eigenvalue weighted by Gasteiger charge is 2.31. The van der Waals surface area contributed by atoms with E-state index in [1.165, 1.54) is 0 Å². The second-order valence-electron chi connectivity index (χ2n) is 6.38. The number of carbonyl (C=O) groups excluding carboxylic acids is 1. The van der Waals surface area contributed by atoms with Crippen LogP contribution in [0.4, 0.5) is 0 Å². The van der Waals surface area contributed by atoms with Crippen molar-refractivity contribution >= 4 is 16.9 Å². The molecule has 1 saturated heterocycles. The number of benzene rings is 1. The summed E-state index contributed by atoms with van der Waals surface area (Å²) in [4.78, 5) is 19.5. The number of aryl methyl sites for hydroxylation is 2. The summed E-state index contributed by atoms with van der Waals surface area (Å²) < 4.78 is 7.59. The van der Waals surface area contributed by atoms with Gasteiger partial charge < -0.3 is 14.2 Å². The Kier molecular flexibility index (Phi) is 4.01. The molecule has 7 nitrogen and oxygen atoms in total. The maximum atomic E-state index is 13.1. The highest BCUT2D eigenvalue weighted by atomic mass is 16.5. The predicted octanol–water partition coefficient (Wildman–Crippen LogP) is 1.98. The van der Waals surface area contributed by atoms with Gasteiger partial charge in [0.1, 0.15) is 12.4 Å². The number of H-pyrrole nitrogens is 1. The maximum Gasteiger partial charge on any atom is 0.243 e. The van der Waals surface area contributed by atoms with E-state index < -0.39 is 0 Å². The lowest BCUT2D eigenvalue weighted by molar-refractivity contribution is -0.141. The summed E-state index contributed by atoms with van der Waals surface area (Å²) in [5, 5.41) is 7.10. The van der Waals surface area contributed by atoms with Crippen LogP contribution in [0, 0.1) is 13.8 Å².